The largest absolute Gasteiger partial charge is 0.366 e. The lowest BCUT2D eigenvalue weighted by atomic mass is 9.96. The van der Waals surface area contributed by atoms with E-state index in [1.54, 1.807) is 30.3 Å². The molecule has 1 fully saturated rings. The van der Waals surface area contributed by atoms with Crippen molar-refractivity contribution in [1.29, 1.82) is 0 Å². The Hall–Kier alpha value is -2.73. The highest BCUT2D eigenvalue weighted by Crippen LogP contribution is 2.29. The van der Waals surface area contributed by atoms with Gasteiger partial charge in [-0.05, 0) is 49.2 Å². The zero-order chi connectivity index (χ0) is 17.4. The quantitative estimate of drug-likeness (QED) is 0.685. The Morgan fingerprint density at radius 1 is 1.24 bits per heavy atom. The van der Waals surface area contributed by atoms with Crippen LogP contribution in [0, 0.1) is 5.82 Å². The summed E-state index contributed by atoms with van der Waals surface area (Å²) < 4.78 is 14.7. The third-order valence-corrected chi connectivity index (χ3v) is 4.74. The van der Waals surface area contributed by atoms with Crippen LogP contribution in [0.15, 0.2) is 36.4 Å². The maximum Gasteiger partial charge on any atom is 0.250 e. The van der Waals surface area contributed by atoms with E-state index in [9.17, 15) is 9.18 Å². The van der Waals surface area contributed by atoms with Crippen molar-refractivity contribution in [3.8, 4) is 11.4 Å². The average Bonchev–Trinajstić information content (AvgIpc) is 3.06. The van der Waals surface area contributed by atoms with Crippen LogP contribution in [0.25, 0.3) is 22.4 Å². The number of H-pyrrole nitrogens is 1. The number of para-hydroxylation sites is 1. The molecule has 0 unspecified atom stereocenters. The van der Waals surface area contributed by atoms with Crippen LogP contribution >= 0.6 is 0 Å². The van der Waals surface area contributed by atoms with Gasteiger partial charge >= 0.3 is 0 Å². The molecule has 1 aliphatic heterocycles. The number of carbonyl (C=O) groups is 1. The molecule has 0 aliphatic carbocycles. The molecule has 3 aromatic rings. The van der Waals surface area contributed by atoms with Gasteiger partial charge in [0, 0.05) is 6.04 Å². The van der Waals surface area contributed by atoms with E-state index in [1.807, 2.05) is 6.07 Å². The van der Waals surface area contributed by atoms with E-state index in [1.165, 1.54) is 0 Å². The first-order chi connectivity index (χ1) is 12.1. The minimum absolute atomic E-state index is 0.203. The summed E-state index contributed by atoms with van der Waals surface area (Å²) in [7, 11) is 0. The number of fused-ring (bicyclic) bond motifs is 1. The first-order valence-electron chi connectivity index (χ1n) is 8.45. The third kappa shape index (κ3) is 2.89. The normalized spacial score (nSPS) is 17.7. The van der Waals surface area contributed by atoms with Crippen molar-refractivity contribution in [2.45, 2.75) is 25.3 Å². The summed E-state index contributed by atoms with van der Waals surface area (Å²) in [6.45, 7) is 0.966. The van der Waals surface area contributed by atoms with E-state index in [-0.39, 0.29) is 11.9 Å². The van der Waals surface area contributed by atoms with Crippen LogP contribution in [0.3, 0.4) is 0 Å². The maximum atomic E-state index is 14.7. The van der Waals surface area contributed by atoms with Gasteiger partial charge in [-0.15, -0.1) is 0 Å². The maximum absolute atomic E-state index is 14.7. The summed E-state index contributed by atoms with van der Waals surface area (Å²) in [6.07, 6.45) is 3.34. The Bertz CT molecular complexity index is 944. The minimum Gasteiger partial charge on any atom is -0.366 e. The number of amides is 1. The monoisotopic (exact) mass is 338 g/mol. The van der Waals surface area contributed by atoms with Crippen LogP contribution in [0.1, 0.15) is 41.2 Å². The highest BCUT2D eigenvalue weighted by atomic mass is 19.1. The van der Waals surface area contributed by atoms with Gasteiger partial charge in [0.25, 0.3) is 5.91 Å². The van der Waals surface area contributed by atoms with E-state index < -0.39 is 5.91 Å². The van der Waals surface area contributed by atoms with Crippen LogP contribution in [0.2, 0.25) is 0 Å². The van der Waals surface area contributed by atoms with Gasteiger partial charge in [0.2, 0.25) is 0 Å². The molecule has 4 rings (SSSR count). The van der Waals surface area contributed by atoms with Crippen LogP contribution in [0.5, 0.6) is 0 Å². The van der Waals surface area contributed by atoms with E-state index in [0.29, 0.717) is 28.0 Å². The van der Waals surface area contributed by atoms with E-state index in [2.05, 4.69) is 15.3 Å². The van der Waals surface area contributed by atoms with Crippen molar-refractivity contribution in [3.05, 3.63) is 53.3 Å². The first-order valence-corrected chi connectivity index (χ1v) is 8.45. The van der Waals surface area contributed by atoms with E-state index in [4.69, 9.17) is 5.73 Å². The standard InChI is InChI=1S/C19H19FN4O/c20-14-10-11(15-5-1-2-9-22-15)7-8-12(14)19-23-16-6-3-4-13(18(21)25)17(16)24-19/h3-4,6-8,10,15,22H,1-2,5,9H2,(H2,21,25)(H,23,24)/t15-/m0/s1. The number of nitrogens with one attached hydrogen (secondary N) is 2. The number of aromatic nitrogens is 2. The molecule has 0 saturated carbocycles. The highest BCUT2D eigenvalue weighted by Gasteiger charge is 2.18. The second kappa shape index (κ2) is 6.29. The molecule has 1 amide bonds. The topological polar surface area (TPSA) is 83.8 Å². The van der Waals surface area contributed by atoms with Crippen molar-refractivity contribution in [1.82, 2.24) is 15.3 Å². The molecule has 0 spiro atoms. The van der Waals surface area contributed by atoms with Gasteiger partial charge in [0.05, 0.1) is 16.6 Å². The zero-order valence-electron chi connectivity index (χ0n) is 13.7. The molecule has 5 nitrogen and oxygen atoms in total. The minimum atomic E-state index is -0.553. The van der Waals surface area contributed by atoms with Crippen molar-refractivity contribution in [2.24, 2.45) is 5.73 Å². The van der Waals surface area contributed by atoms with E-state index >= 15 is 0 Å². The van der Waals surface area contributed by atoms with Crippen molar-refractivity contribution in [3.63, 3.8) is 0 Å². The van der Waals surface area contributed by atoms with Crippen LogP contribution in [-0.4, -0.2) is 22.4 Å². The fourth-order valence-corrected chi connectivity index (χ4v) is 3.44. The number of carbonyl (C=O) groups excluding carboxylic acids is 1. The van der Waals surface area contributed by atoms with Crippen molar-refractivity contribution >= 4 is 16.9 Å². The number of imidazole rings is 1. The summed E-state index contributed by atoms with van der Waals surface area (Å²) in [5, 5.41) is 3.42. The van der Waals surface area contributed by atoms with Crippen LogP contribution in [0.4, 0.5) is 4.39 Å². The van der Waals surface area contributed by atoms with Gasteiger partial charge in [-0.25, -0.2) is 9.37 Å². The van der Waals surface area contributed by atoms with Gasteiger partial charge in [0.15, 0.2) is 0 Å². The number of nitrogens with zero attached hydrogens (tertiary/aromatic N) is 1. The number of hydrogen-bond acceptors (Lipinski definition) is 3. The lowest BCUT2D eigenvalue weighted by molar-refractivity contribution is 0.100. The molecule has 0 bridgehead atoms. The lowest BCUT2D eigenvalue weighted by Gasteiger charge is -2.24. The highest BCUT2D eigenvalue weighted by molar-refractivity contribution is 6.04. The Balaban J connectivity index is 1.73. The summed E-state index contributed by atoms with van der Waals surface area (Å²) in [6, 6.07) is 10.6. The molecular weight excluding hydrogens is 319 g/mol. The zero-order valence-corrected chi connectivity index (χ0v) is 13.7. The molecule has 1 aliphatic rings. The molecule has 2 heterocycles. The Morgan fingerprint density at radius 2 is 2.12 bits per heavy atom. The molecule has 1 aromatic heterocycles. The predicted molar refractivity (Wildman–Crippen MR) is 94.6 cm³/mol. The fraction of sp³-hybridized carbons (Fsp3) is 0.263. The molecule has 1 saturated heterocycles. The number of piperidine rings is 1. The number of benzene rings is 2. The second-order valence-electron chi connectivity index (χ2n) is 6.39. The second-order valence-corrected chi connectivity index (χ2v) is 6.39. The smallest absolute Gasteiger partial charge is 0.250 e. The van der Waals surface area contributed by atoms with E-state index in [0.717, 1.165) is 31.4 Å². The number of aromatic amines is 1. The SMILES string of the molecule is NC(=O)c1cccc2[nH]c(-c3ccc([C@@H]4CCCCN4)cc3F)nc12. The lowest BCUT2D eigenvalue weighted by Crippen LogP contribution is -2.26. The molecule has 6 heteroatoms. The first kappa shape index (κ1) is 15.8. The molecule has 25 heavy (non-hydrogen) atoms. The number of rotatable bonds is 3. The number of halogens is 1. The summed E-state index contributed by atoms with van der Waals surface area (Å²) >= 11 is 0. The third-order valence-electron chi connectivity index (χ3n) is 4.74. The fourth-order valence-electron chi connectivity index (χ4n) is 3.44. The number of primary amides is 1. The Kier molecular flexibility index (Phi) is 3.97. The molecule has 0 radical (unpaired) electrons. The predicted octanol–water partition coefficient (Wildman–Crippen LogP) is 3.28. The van der Waals surface area contributed by atoms with Crippen LogP contribution < -0.4 is 11.1 Å². The number of nitrogens with two attached hydrogens (primary N) is 1. The van der Waals surface area contributed by atoms with Crippen molar-refractivity contribution in [2.75, 3.05) is 6.54 Å². The summed E-state index contributed by atoms with van der Waals surface area (Å²) in [5.41, 5.74) is 8.16. The van der Waals surface area contributed by atoms with Gasteiger partial charge in [-0.2, -0.15) is 0 Å². The van der Waals surface area contributed by atoms with Crippen molar-refractivity contribution < 1.29 is 9.18 Å². The molecule has 1 atom stereocenters. The van der Waals surface area contributed by atoms with Crippen LogP contribution in [-0.2, 0) is 0 Å². The van der Waals surface area contributed by atoms with Gasteiger partial charge < -0.3 is 16.0 Å². The molecule has 4 N–H and O–H groups in total. The van der Waals surface area contributed by atoms with Gasteiger partial charge in [-0.3, -0.25) is 4.79 Å². The average molecular weight is 338 g/mol. The summed E-state index contributed by atoms with van der Waals surface area (Å²) in [4.78, 5) is 19.0. The van der Waals surface area contributed by atoms with Gasteiger partial charge in [-0.1, -0.05) is 18.6 Å². The summed E-state index contributed by atoms with van der Waals surface area (Å²) in [5.74, 6) is -0.489. The van der Waals surface area contributed by atoms with Gasteiger partial charge in [0.1, 0.15) is 17.2 Å². The molecule has 2 aromatic carbocycles. The Labute approximate surface area is 144 Å². The number of hydrogen-bond donors (Lipinski definition) is 3. The molecular formula is C19H19FN4O. The molecule has 128 valence electrons. The Morgan fingerprint density at radius 3 is 2.84 bits per heavy atom.